The average Bonchev–Trinajstić information content (AvgIpc) is 3.13. The van der Waals surface area contributed by atoms with Crippen molar-refractivity contribution < 1.29 is 19.4 Å². The highest BCUT2D eigenvalue weighted by Gasteiger charge is 2.47. The van der Waals surface area contributed by atoms with Gasteiger partial charge in [0.05, 0.1) is 24.4 Å². The molecule has 4 aromatic carbocycles. The summed E-state index contributed by atoms with van der Waals surface area (Å²) in [6.07, 6.45) is 0. The Morgan fingerprint density at radius 2 is 1.59 bits per heavy atom. The summed E-state index contributed by atoms with van der Waals surface area (Å²) in [6, 6.07) is 27.0. The van der Waals surface area contributed by atoms with Crippen LogP contribution in [-0.2, 0) is 9.59 Å². The number of benzene rings is 4. The van der Waals surface area contributed by atoms with Crippen LogP contribution in [0.1, 0.15) is 22.7 Å². The molecular weight excluding hydrogens is 426 g/mol. The first-order chi connectivity index (χ1) is 16.5. The lowest BCUT2D eigenvalue weighted by atomic mass is 9.92. The quantitative estimate of drug-likeness (QED) is 0.244. The van der Waals surface area contributed by atoms with E-state index in [0.29, 0.717) is 17.0 Å². The van der Waals surface area contributed by atoms with Gasteiger partial charge < -0.3 is 9.84 Å². The highest BCUT2D eigenvalue weighted by molar-refractivity contribution is 6.52. The molecule has 0 radical (unpaired) electrons. The van der Waals surface area contributed by atoms with Crippen LogP contribution in [0.25, 0.3) is 16.5 Å². The van der Waals surface area contributed by atoms with Crippen LogP contribution in [0.3, 0.4) is 0 Å². The first-order valence-corrected chi connectivity index (χ1v) is 11.0. The van der Waals surface area contributed by atoms with Gasteiger partial charge in [-0.1, -0.05) is 84.4 Å². The number of hydrogen-bond donors (Lipinski definition) is 1. The van der Waals surface area contributed by atoms with E-state index in [1.165, 1.54) is 12.0 Å². The van der Waals surface area contributed by atoms with Gasteiger partial charge in [-0.2, -0.15) is 0 Å². The maximum absolute atomic E-state index is 13.5. The smallest absolute Gasteiger partial charge is 0.300 e. The standard InChI is InChI=1S/C29H23NO4/c1-18-9-7-12-20(17-18)26-25(27(31)22-14-8-11-19-10-3-4-13-21(19)22)28(32)29(33)30(26)23-15-5-6-16-24(23)34-2/h3-17,26,31H,1-2H3/b27-25-. The minimum Gasteiger partial charge on any atom is -0.507 e. The van der Waals surface area contributed by atoms with Crippen molar-refractivity contribution in [2.75, 3.05) is 12.0 Å². The number of Topliss-reactive ketones (excluding diaryl/α,β-unsaturated/α-hetero) is 1. The number of aryl methyl sites for hydroxylation is 1. The zero-order chi connectivity index (χ0) is 23.8. The molecule has 5 heteroatoms. The highest BCUT2D eigenvalue weighted by Crippen LogP contribution is 2.45. The Kier molecular flexibility index (Phi) is 5.38. The van der Waals surface area contributed by atoms with Gasteiger partial charge >= 0.3 is 0 Å². The lowest BCUT2D eigenvalue weighted by Gasteiger charge is -2.27. The molecule has 1 N–H and O–H groups in total. The average molecular weight is 450 g/mol. The van der Waals surface area contributed by atoms with E-state index in [0.717, 1.165) is 21.9 Å². The van der Waals surface area contributed by atoms with Crippen LogP contribution in [0.5, 0.6) is 5.75 Å². The number of anilines is 1. The number of nitrogens with zero attached hydrogens (tertiary/aromatic N) is 1. The number of aliphatic hydroxyl groups is 1. The molecule has 5 rings (SSSR count). The van der Waals surface area contributed by atoms with Crippen LogP contribution < -0.4 is 9.64 Å². The second-order valence-corrected chi connectivity index (χ2v) is 8.28. The fraction of sp³-hybridized carbons (Fsp3) is 0.103. The molecule has 1 aliphatic rings. The molecule has 168 valence electrons. The number of fused-ring (bicyclic) bond motifs is 1. The second-order valence-electron chi connectivity index (χ2n) is 8.28. The van der Waals surface area contributed by atoms with Crippen LogP contribution in [0.4, 0.5) is 5.69 Å². The molecule has 1 atom stereocenters. The summed E-state index contributed by atoms with van der Waals surface area (Å²) in [6.45, 7) is 1.95. The minimum atomic E-state index is -0.810. The molecule has 34 heavy (non-hydrogen) atoms. The van der Waals surface area contributed by atoms with Crippen molar-refractivity contribution >= 4 is 33.9 Å². The number of ether oxygens (including phenoxy) is 1. The summed E-state index contributed by atoms with van der Waals surface area (Å²) in [5, 5.41) is 13.3. The van der Waals surface area contributed by atoms with Crippen molar-refractivity contribution in [3.63, 3.8) is 0 Å². The molecule has 5 nitrogen and oxygen atoms in total. The Morgan fingerprint density at radius 3 is 2.38 bits per heavy atom. The Labute approximate surface area is 197 Å². The fourth-order valence-electron chi connectivity index (χ4n) is 4.64. The first-order valence-electron chi connectivity index (χ1n) is 11.0. The summed E-state index contributed by atoms with van der Waals surface area (Å²) in [5.41, 5.74) is 2.74. The van der Waals surface area contributed by atoms with E-state index < -0.39 is 17.7 Å². The van der Waals surface area contributed by atoms with Crippen molar-refractivity contribution in [2.45, 2.75) is 13.0 Å². The van der Waals surface area contributed by atoms with Crippen LogP contribution in [0, 0.1) is 6.92 Å². The lowest BCUT2D eigenvalue weighted by Crippen LogP contribution is -2.29. The van der Waals surface area contributed by atoms with Crippen LogP contribution in [-0.4, -0.2) is 23.9 Å². The molecule has 4 aromatic rings. The van der Waals surface area contributed by atoms with Crippen LogP contribution in [0.2, 0.25) is 0 Å². The van der Waals surface area contributed by atoms with Gasteiger partial charge in [-0.3, -0.25) is 14.5 Å². The number of aliphatic hydroxyl groups excluding tert-OH is 1. The Balaban J connectivity index is 1.80. The molecule has 1 aliphatic heterocycles. The number of carbonyl (C=O) groups is 2. The Hall–Kier alpha value is -4.38. The molecule has 1 amide bonds. The van der Waals surface area contributed by atoms with Gasteiger partial charge in [-0.15, -0.1) is 0 Å². The van der Waals surface area contributed by atoms with Crippen molar-refractivity contribution in [2.24, 2.45) is 0 Å². The number of ketones is 1. The summed E-state index contributed by atoms with van der Waals surface area (Å²) >= 11 is 0. The number of carbonyl (C=O) groups excluding carboxylic acids is 2. The molecule has 0 bridgehead atoms. The Bertz CT molecular complexity index is 1460. The molecule has 0 saturated carbocycles. The Morgan fingerprint density at radius 1 is 0.882 bits per heavy atom. The maximum atomic E-state index is 13.5. The van der Waals surface area contributed by atoms with Gasteiger partial charge in [0.2, 0.25) is 0 Å². The summed E-state index contributed by atoms with van der Waals surface area (Å²) in [4.78, 5) is 28.3. The molecule has 1 saturated heterocycles. The van der Waals surface area contributed by atoms with Crippen molar-refractivity contribution in [3.8, 4) is 5.75 Å². The number of methoxy groups -OCH3 is 1. The number of hydrogen-bond acceptors (Lipinski definition) is 4. The SMILES string of the molecule is COc1ccccc1N1C(=O)C(=O)/C(=C(\O)c2cccc3ccccc23)C1c1cccc(C)c1. The fourth-order valence-corrected chi connectivity index (χ4v) is 4.64. The number of para-hydroxylation sites is 2. The van der Waals surface area contributed by atoms with E-state index in [4.69, 9.17) is 4.74 Å². The third kappa shape index (κ3) is 3.42. The normalized spacial score (nSPS) is 17.4. The predicted molar refractivity (Wildman–Crippen MR) is 133 cm³/mol. The lowest BCUT2D eigenvalue weighted by molar-refractivity contribution is -0.132. The van der Waals surface area contributed by atoms with Crippen molar-refractivity contribution in [1.29, 1.82) is 0 Å². The van der Waals surface area contributed by atoms with Gasteiger partial charge in [0, 0.05) is 5.56 Å². The minimum absolute atomic E-state index is 0.0536. The zero-order valence-corrected chi connectivity index (χ0v) is 18.9. The van der Waals surface area contributed by atoms with E-state index >= 15 is 0 Å². The third-order valence-electron chi connectivity index (χ3n) is 6.19. The number of rotatable bonds is 4. The van der Waals surface area contributed by atoms with Crippen LogP contribution >= 0.6 is 0 Å². The van der Waals surface area contributed by atoms with Crippen molar-refractivity contribution in [1.82, 2.24) is 0 Å². The van der Waals surface area contributed by atoms with Gasteiger partial charge in [0.15, 0.2) is 0 Å². The monoisotopic (exact) mass is 449 g/mol. The molecule has 1 fully saturated rings. The summed E-state index contributed by atoms with van der Waals surface area (Å²) < 4.78 is 5.50. The molecular formula is C29H23NO4. The second kappa shape index (κ2) is 8.52. The topological polar surface area (TPSA) is 66.8 Å². The van der Waals surface area contributed by atoms with E-state index in [1.54, 1.807) is 30.3 Å². The third-order valence-corrected chi connectivity index (χ3v) is 6.19. The molecule has 1 heterocycles. The van der Waals surface area contributed by atoms with Gasteiger partial charge in [0.25, 0.3) is 11.7 Å². The number of amides is 1. The van der Waals surface area contributed by atoms with E-state index in [2.05, 4.69) is 0 Å². The molecule has 0 spiro atoms. The molecule has 1 unspecified atom stereocenters. The molecule has 0 aromatic heterocycles. The summed E-state index contributed by atoms with van der Waals surface area (Å²) in [5.74, 6) is -1.17. The van der Waals surface area contributed by atoms with E-state index in [-0.39, 0.29) is 11.3 Å². The first kappa shape index (κ1) is 21.5. The van der Waals surface area contributed by atoms with E-state index in [1.807, 2.05) is 67.6 Å². The van der Waals surface area contributed by atoms with Gasteiger partial charge in [-0.05, 0) is 35.4 Å². The van der Waals surface area contributed by atoms with Crippen LogP contribution in [0.15, 0.2) is 96.6 Å². The highest BCUT2D eigenvalue weighted by atomic mass is 16.5. The molecule has 0 aliphatic carbocycles. The largest absolute Gasteiger partial charge is 0.507 e. The summed E-state index contributed by atoms with van der Waals surface area (Å²) in [7, 11) is 1.52. The van der Waals surface area contributed by atoms with Crippen molar-refractivity contribution in [3.05, 3.63) is 113 Å². The zero-order valence-electron chi connectivity index (χ0n) is 18.9. The van der Waals surface area contributed by atoms with Gasteiger partial charge in [0.1, 0.15) is 11.5 Å². The predicted octanol–water partition coefficient (Wildman–Crippen LogP) is 5.78. The van der Waals surface area contributed by atoms with E-state index in [9.17, 15) is 14.7 Å². The van der Waals surface area contributed by atoms with Gasteiger partial charge in [-0.25, -0.2) is 0 Å². The maximum Gasteiger partial charge on any atom is 0.300 e.